The maximum absolute atomic E-state index is 9.30. The Bertz CT molecular complexity index is 1010. The van der Waals surface area contributed by atoms with Crippen LogP contribution in [0, 0.1) is 16.7 Å². The van der Waals surface area contributed by atoms with Gasteiger partial charge in [0.15, 0.2) is 0 Å². The minimum Gasteiger partial charge on any atom is -0.309 e. The highest BCUT2D eigenvalue weighted by atomic mass is 15.7. The van der Waals surface area contributed by atoms with Gasteiger partial charge in [-0.2, -0.15) is 10.4 Å². The molecule has 136 valence electrons. The Morgan fingerprint density at radius 1 is 1.22 bits per heavy atom. The molecule has 0 spiro atoms. The zero-order chi connectivity index (χ0) is 19.0. The smallest absolute Gasteiger partial charge is 0.141 e. The first kappa shape index (κ1) is 17.1. The second kappa shape index (κ2) is 6.41. The van der Waals surface area contributed by atoms with Crippen molar-refractivity contribution in [1.82, 2.24) is 30.7 Å². The number of hydrogen-bond donors (Lipinski definition) is 2. The van der Waals surface area contributed by atoms with Gasteiger partial charge in [0, 0.05) is 41.8 Å². The third-order valence-corrected chi connectivity index (χ3v) is 4.25. The summed E-state index contributed by atoms with van der Waals surface area (Å²) < 4.78 is 1.95. The summed E-state index contributed by atoms with van der Waals surface area (Å²) >= 11 is 0. The number of aromatic nitrogens is 3. The molecule has 7 nitrogen and oxygen atoms in total. The summed E-state index contributed by atoms with van der Waals surface area (Å²) in [5, 5.41) is 15.7. The topological polar surface area (TPSA) is 81.8 Å². The predicted octanol–water partition coefficient (Wildman–Crippen LogP) is 2.94. The molecule has 0 bridgehead atoms. The van der Waals surface area contributed by atoms with Gasteiger partial charge in [0.1, 0.15) is 11.8 Å². The number of rotatable bonds is 3. The summed E-state index contributed by atoms with van der Waals surface area (Å²) in [4.78, 5) is 4.58. The van der Waals surface area contributed by atoms with Crippen molar-refractivity contribution in [2.45, 2.75) is 27.3 Å². The van der Waals surface area contributed by atoms with Crippen molar-refractivity contribution >= 4 is 5.57 Å². The Morgan fingerprint density at radius 3 is 2.85 bits per heavy atom. The highest BCUT2D eigenvalue weighted by Crippen LogP contribution is 2.31. The quantitative estimate of drug-likeness (QED) is 0.877. The third kappa shape index (κ3) is 3.48. The summed E-state index contributed by atoms with van der Waals surface area (Å²) in [6.07, 6.45) is 11.7. The van der Waals surface area contributed by atoms with Crippen molar-refractivity contribution in [2.24, 2.45) is 5.41 Å². The van der Waals surface area contributed by atoms with Crippen molar-refractivity contribution < 1.29 is 0 Å². The highest BCUT2D eigenvalue weighted by Gasteiger charge is 2.20. The molecule has 0 saturated heterocycles. The predicted molar refractivity (Wildman–Crippen MR) is 103 cm³/mol. The molecule has 0 amide bonds. The van der Waals surface area contributed by atoms with Crippen LogP contribution in [0.15, 0.2) is 54.8 Å². The number of hydrogen-bond acceptors (Lipinski definition) is 6. The molecular weight excluding hydrogens is 338 g/mol. The zero-order valence-electron chi connectivity index (χ0n) is 15.6. The van der Waals surface area contributed by atoms with Crippen LogP contribution < -0.4 is 11.0 Å². The molecule has 2 N–H and O–H groups in total. The van der Waals surface area contributed by atoms with Crippen molar-refractivity contribution in [3.63, 3.8) is 0 Å². The molecule has 0 aromatic carbocycles. The number of nitrogens with one attached hydrogen (secondary N) is 2. The van der Waals surface area contributed by atoms with Crippen LogP contribution in [0.2, 0.25) is 0 Å². The normalized spacial score (nSPS) is 15.7. The van der Waals surface area contributed by atoms with Crippen LogP contribution in [-0.4, -0.2) is 19.8 Å². The van der Waals surface area contributed by atoms with E-state index in [4.69, 9.17) is 0 Å². The first-order chi connectivity index (χ1) is 12.9. The molecule has 0 atom stereocenters. The van der Waals surface area contributed by atoms with Crippen molar-refractivity contribution in [3.05, 3.63) is 66.2 Å². The number of nitriles is 1. The molecule has 2 aromatic rings. The molecule has 0 unspecified atom stereocenters. The number of nitrogens with zero attached hydrogens (tertiary/aromatic N) is 5. The van der Waals surface area contributed by atoms with Gasteiger partial charge < -0.3 is 5.43 Å². The summed E-state index contributed by atoms with van der Waals surface area (Å²) in [5.74, 6) is 0. The van der Waals surface area contributed by atoms with E-state index < -0.39 is 0 Å². The fourth-order valence-electron chi connectivity index (χ4n) is 3.09. The van der Waals surface area contributed by atoms with Gasteiger partial charge in [0.25, 0.3) is 0 Å². The van der Waals surface area contributed by atoms with Crippen LogP contribution in [0.3, 0.4) is 0 Å². The Morgan fingerprint density at radius 2 is 2.07 bits per heavy atom. The van der Waals surface area contributed by atoms with Crippen molar-refractivity contribution in [2.75, 3.05) is 0 Å². The first-order valence-corrected chi connectivity index (χ1v) is 8.78. The SMILES string of the molecule is CC(C)(C)Cn1cc(-c2ccc(C#N)nc2C2=CN3NNC=C3C=C2)cn1. The van der Waals surface area contributed by atoms with Crippen molar-refractivity contribution in [3.8, 4) is 17.2 Å². The van der Waals surface area contributed by atoms with Gasteiger partial charge in [0.05, 0.1) is 17.6 Å². The minimum atomic E-state index is 0.140. The largest absolute Gasteiger partial charge is 0.309 e. The molecule has 27 heavy (non-hydrogen) atoms. The van der Waals surface area contributed by atoms with E-state index in [1.807, 2.05) is 52.7 Å². The van der Waals surface area contributed by atoms with E-state index in [1.165, 1.54) is 0 Å². The molecule has 0 fully saturated rings. The second-order valence-electron chi connectivity index (χ2n) is 7.80. The van der Waals surface area contributed by atoms with Crippen LogP contribution in [0.4, 0.5) is 0 Å². The molecule has 2 aromatic heterocycles. The van der Waals surface area contributed by atoms with Crippen LogP contribution >= 0.6 is 0 Å². The summed E-state index contributed by atoms with van der Waals surface area (Å²) in [5.41, 5.74) is 11.1. The molecule has 2 aliphatic rings. The molecule has 4 heterocycles. The van der Waals surface area contributed by atoms with Crippen molar-refractivity contribution in [1.29, 1.82) is 5.26 Å². The maximum Gasteiger partial charge on any atom is 0.141 e. The minimum absolute atomic E-state index is 0.140. The van der Waals surface area contributed by atoms with Gasteiger partial charge in [-0.1, -0.05) is 20.8 Å². The number of hydrazine groups is 2. The van der Waals surface area contributed by atoms with E-state index in [1.54, 1.807) is 6.07 Å². The lowest BCUT2D eigenvalue weighted by atomic mass is 9.97. The van der Waals surface area contributed by atoms with E-state index in [0.717, 1.165) is 34.6 Å². The third-order valence-electron chi connectivity index (χ3n) is 4.25. The molecular formula is C20H21N7. The summed E-state index contributed by atoms with van der Waals surface area (Å²) in [6, 6.07) is 5.82. The van der Waals surface area contributed by atoms with Gasteiger partial charge >= 0.3 is 0 Å². The molecule has 0 radical (unpaired) electrons. The van der Waals surface area contributed by atoms with E-state index >= 15 is 0 Å². The Kier molecular flexibility index (Phi) is 4.05. The molecule has 2 aliphatic heterocycles. The van der Waals surface area contributed by atoms with Crippen LogP contribution in [-0.2, 0) is 6.54 Å². The van der Waals surface area contributed by atoms with Crippen LogP contribution in [0.5, 0.6) is 0 Å². The zero-order valence-corrected chi connectivity index (χ0v) is 15.6. The van der Waals surface area contributed by atoms with Gasteiger partial charge in [-0.25, -0.2) is 4.98 Å². The fraction of sp³-hybridized carbons (Fsp3) is 0.250. The van der Waals surface area contributed by atoms with Crippen LogP contribution in [0.25, 0.3) is 16.7 Å². The lowest BCUT2D eigenvalue weighted by Gasteiger charge is -2.20. The number of allylic oxidation sites excluding steroid dienone is 3. The second-order valence-corrected chi connectivity index (χ2v) is 7.80. The average Bonchev–Trinajstić information content (AvgIpc) is 3.28. The molecule has 0 saturated carbocycles. The Balaban J connectivity index is 1.75. The van der Waals surface area contributed by atoms with Crippen LogP contribution in [0.1, 0.15) is 32.2 Å². The lowest BCUT2D eigenvalue weighted by Crippen LogP contribution is -2.33. The Hall–Kier alpha value is -3.37. The van der Waals surface area contributed by atoms with E-state index in [9.17, 15) is 5.26 Å². The maximum atomic E-state index is 9.30. The fourth-order valence-corrected chi connectivity index (χ4v) is 3.09. The number of pyridine rings is 1. The standard InChI is InChI=1S/C20H21N7/c1-20(2,3)13-26-11-15(9-23-26)18-7-5-16(8-21)24-19(18)14-4-6-17-10-22-25-27(17)12-14/h4-7,9-12,22,25H,13H2,1-3H3. The Labute approximate surface area is 158 Å². The monoisotopic (exact) mass is 359 g/mol. The van der Waals surface area contributed by atoms with E-state index in [-0.39, 0.29) is 5.41 Å². The molecule has 4 rings (SSSR count). The molecule has 0 aliphatic carbocycles. The lowest BCUT2D eigenvalue weighted by molar-refractivity contribution is 0.325. The summed E-state index contributed by atoms with van der Waals surface area (Å²) in [6.45, 7) is 7.38. The van der Waals surface area contributed by atoms with E-state index in [2.05, 4.69) is 47.9 Å². The van der Waals surface area contributed by atoms with Gasteiger partial charge in [-0.3, -0.25) is 9.69 Å². The average molecular weight is 359 g/mol. The van der Waals surface area contributed by atoms with E-state index in [0.29, 0.717) is 5.69 Å². The molecule has 7 heteroatoms. The van der Waals surface area contributed by atoms with Gasteiger partial charge in [-0.15, -0.1) is 5.53 Å². The van der Waals surface area contributed by atoms with Gasteiger partial charge in [0.2, 0.25) is 0 Å². The first-order valence-electron chi connectivity index (χ1n) is 8.78. The van der Waals surface area contributed by atoms with Gasteiger partial charge in [-0.05, 0) is 29.7 Å². The highest BCUT2D eigenvalue weighted by molar-refractivity contribution is 5.84. The number of fused-ring (bicyclic) bond motifs is 1. The summed E-state index contributed by atoms with van der Waals surface area (Å²) in [7, 11) is 0.